The molecule has 128 valence electrons. The van der Waals surface area contributed by atoms with Crippen LogP contribution in [0.2, 0.25) is 0 Å². The Kier molecular flexibility index (Phi) is 8.80. The monoisotopic (exact) mass is 320 g/mol. The van der Waals surface area contributed by atoms with Crippen LogP contribution >= 0.6 is 0 Å². The first kappa shape index (κ1) is 19.0. The molecule has 5 heteroatoms. The van der Waals surface area contributed by atoms with Crippen LogP contribution in [0.1, 0.15) is 62.7 Å². The molecule has 0 radical (unpaired) electrons. The van der Waals surface area contributed by atoms with E-state index in [1.807, 2.05) is 6.92 Å². The summed E-state index contributed by atoms with van der Waals surface area (Å²) in [5, 5.41) is 13.4. The maximum Gasteiger partial charge on any atom is 0.251 e. The van der Waals surface area contributed by atoms with Crippen LogP contribution in [0, 0.1) is 0 Å². The van der Waals surface area contributed by atoms with Crippen molar-refractivity contribution in [1.29, 1.82) is 0 Å². The average molecular weight is 320 g/mol. The number of unbranched alkanes of at least 4 members (excludes halogenated alkanes) is 3. The fraction of sp³-hybridized carbons (Fsp3) is 0.556. The molecule has 0 heterocycles. The van der Waals surface area contributed by atoms with E-state index in [9.17, 15) is 14.7 Å². The minimum atomic E-state index is -1.26. The number of amides is 1. The molecule has 1 amide bonds. The van der Waals surface area contributed by atoms with E-state index in [1.54, 1.807) is 24.3 Å². The normalized spacial score (nSPS) is 11.7. The summed E-state index contributed by atoms with van der Waals surface area (Å²) in [4.78, 5) is 23.0. The summed E-state index contributed by atoms with van der Waals surface area (Å²) in [5.41, 5.74) is 0.408. The minimum Gasteiger partial charge on any atom is -0.548 e. The maximum absolute atomic E-state index is 12.0. The molecule has 1 atom stereocenters. The van der Waals surface area contributed by atoms with Crippen molar-refractivity contribution in [2.45, 2.75) is 58.4 Å². The predicted molar refractivity (Wildman–Crippen MR) is 87.2 cm³/mol. The fourth-order valence-electron chi connectivity index (χ4n) is 2.20. The van der Waals surface area contributed by atoms with E-state index in [4.69, 9.17) is 4.74 Å². The van der Waals surface area contributed by atoms with Crippen molar-refractivity contribution in [3.8, 4) is 5.75 Å². The minimum absolute atomic E-state index is 0.354. The van der Waals surface area contributed by atoms with Crippen LogP contribution in [0.15, 0.2) is 24.3 Å². The average Bonchev–Trinajstić information content (AvgIpc) is 2.54. The zero-order chi connectivity index (χ0) is 17.1. The quantitative estimate of drug-likeness (QED) is 0.635. The molecule has 1 rings (SSSR count). The Bertz CT molecular complexity index is 484. The van der Waals surface area contributed by atoms with Gasteiger partial charge in [0, 0.05) is 5.56 Å². The number of ether oxygens (including phenoxy) is 1. The van der Waals surface area contributed by atoms with Gasteiger partial charge in [0.1, 0.15) is 5.75 Å². The summed E-state index contributed by atoms with van der Waals surface area (Å²) in [6.45, 7) is 4.68. The van der Waals surface area contributed by atoms with E-state index in [0.29, 0.717) is 30.8 Å². The number of nitrogens with one attached hydrogen (secondary N) is 1. The molecule has 1 N–H and O–H groups in total. The molecule has 0 bridgehead atoms. The van der Waals surface area contributed by atoms with E-state index in [0.717, 1.165) is 12.8 Å². The van der Waals surface area contributed by atoms with Crippen LogP contribution in [0.5, 0.6) is 5.75 Å². The van der Waals surface area contributed by atoms with Crippen LogP contribution in [-0.4, -0.2) is 24.5 Å². The SMILES string of the molecule is CCCCCCOc1ccc(C(=O)N[C@H](CCC)C(=O)[O-])cc1. The third kappa shape index (κ3) is 7.17. The van der Waals surface area contributed by atoms with Crippen molar-refractivity contribution in [3.63, 3.8) is 0 Å². The maximum atomic E-state index is 12.0. The Labute approximate surface area is 138 Å². The second-order valence-electron chi connectivity index (χ2n) is 5.57. The molecule has 0 aliphatic carbocycles. The molecule has 0 spiro atoms. The number of aliphatic carboxylic acids is 1. The lowest BCUT2D eigenvalue weighted by atomic mass is 10.1. The van der Waals surface area contributed by atoms with Gasteiger partial charge in [0.05, 0.1) is 18.6 Å². The highest BCUT2D eigenvalue weighted by Crippen LogP contribution is 2.13. The first-order valence-corrected chi connectivity index (χ1v) is 8.33. The molecular weight excluding hydrogens is 294 g/mol. The molecular formula is C18H26NO4-. The van der Waals surface area contributed by atoms with E-state index in [1.165, 1.54) is 12.8 Å². The van der Waals surface area contributed by atoms with Crippen LogP contribution < -0.4 is 15.2 Å². The van der Waals surface area contributed by atoms with Crippen molar-refractivity contribution < 1.29 is 19.4 Å². The van der Waals surface area contributed by atoms with Gasteiger partial charge in [-0.25, -0.2) is 0 Å². The highest BCUT2D eigenvalue weighted by Gasteiger charge is 2.14. The summed E-state index contributed by atoms with van der Waals surface area (Å²) in [7, 11) is 0. The number of carbonyl (C=O) groups excluding carboxylic acids is 2. The molecule has 0 aliphatic rings. The number of hydrogen-bond acceptors (Lipinski definition) is 4. The van der Waals surface area contributed by atoms with Gasteiger partial charge in [0.15, 0.2) is 0 Å². The summed E-state index contributed by atoms with van der Waals surface area (Å²) in [5.74, 6) is -0.961. The number of carboxylic acid groups (broad SMARTS) is 1. The van der Waals surface area contributed by atoms with Crippen molar-refractivity contribution in [3.05, 3.63) is 29.8 Å². The molecule has 0 saturated carbocycles. The van der Waals surface area contributed by atoms with Crippen LogP contribution in [0.25, 0.3) is 0 Å². The number of carboxylic acids is 1. The van der Waals surface area contributed by atoms with Crippen molar-refractivity contribution in [2.75, 3.05) is 6.61 Å². The lowest BCUT2D eigenvalue weighted by molar-refractivity contribution is -0.308. The lowest BCUT2D eigenvalue weighted by Crippen LogP contribution is -2.47. The largest absolute Gasteiger partial charge is 0.548 e. The van der Waals surface area contributed by atoms with Crippen molar-refractivity contribution in [2.24, 2.45) is 0 Å². The van der Waals surface area contributed by atoms with Crippen molar-refractivity contribution in [1.82, 2.24) is 5.32 Å². The molecule has 1 aromatic rings. The third-order valence-corrected chi connectivity index (χ3v) is 3.55. The molecule has 1 aromatic carbocycles. The zero-order valence-corrected chi connectivity index (χ0v) is 14.0. The molecule has 0 aliphatic heterocycles. The van der Waals surface area contributed by atoms with Gasteiger partial charge in [0.25, 0.3) is 5.91 Å². The van der Waals surface area contributed by atoms with Crippen molar-refractivity contribution >= 4 is 11.9 Å². The van der Waals surface area contributed by atoms with Crippen LogP contribution in [-0.2, 0) is 4.79 Å². The van der Waals surface area contributed by atoms with Gasteiger partial charge in [-0.2, -0.15) is 0 Å². The van der Waals surface area contributed by atoms with Crippen LogP contribution in [0.3, 0.4) is 0 Å². The summed E-state index contributed by atoms with van der Waals surface area (Å²) >= 11 is 0. The molecule has 0 fully saturated rings. The van der Waals surface area contributed by atoms with Gasteiger partial charge < -0.3 is 20.0 Å². The van der Waals surface area contributed by atoms with Gasteiger partial charge in [-0.15, -0.1) is 0 Å². The summed E-state index contributed by atoms with van der Waals surface area (Å²) in [6, 6.07) is 5.76. The topological polar surface area (TPSA) is 78.5 Å². The van der Waals surface area contributed by atoms with Gasteiger partial charge in [-0.1, -0.05) is 39.5 Å². The standard InChI is InChI=1S/C18H27NO4/c1-3-5-6-7-13-23-15-11-9-14(10-12-15)17(20)19-16(8-4-2)18(21)22/h9-12,16H,3-8,13H2,1-2H3,(H,19,20)(H,21,22)/p-1/t16-/m1/s1. The van der Waals surface area contributed by atoms with E-state index >= 15 is 0 Å². The Morgan fingerprint density at radius 2 is 1.78 bits per heavy atom. The molecule has 0 unspecified atom stereocenters. The summed E-state index contributed by atoms with van der Waals surface area (Å²) < 4.78 is 5.61. The number of hydrogen-bond donors (Lipinski definition) is 1. The van der Waals surface area contributed by atoms with E-state index < -0.39 is 17.9 Å². The Balaban J connectivity index is 2.48. The van der Waals surface area contributed by atoms with Crippen LogP contribution in [0.4, 0.5) is 0 Å². The highest BCUT2D eigenvalue weighted by atomic mass is 16.5. The van der Waals surface area contributed by atoms with Gasteiger partial charge >= 0.3 is 0 Å². The van der Waals surface area contributed by atoms with Gasteiger partial charge in [0.2, 0.25) is 0 Å². The Morgan fingerprint density at radius 1 is 1.09 bits per heavy atom. The number of rotatable bonds is 11. The number of carbonyl (C=O) groups is 2. The molecule has 5 nitrogen and oxygen atoms in total. The molecule has 0 saturated heterocycles. The third-order valence-electron chi connectivity index (χ3n) is 3.55. The summed E-state index contributed by atoms with van der Waals surface area (Å²) in [6.07, 6.45) is 5.57. The zero-order valence-electron chi connectivity index (χ0n) is 14.0. The van der Waals surface area contributed by atoms with Gasteiger partial charge in [-0.05, 0) is 37.1 Å². The Morgan fingerprint density at radius 3 is 2.35 bits per heavy atom. The predicted octanol–water partition coefficient (Wildman–Crippen LogP) is 2.29. The second-order valence-corrected chi connectivity index (χ2v) is 5.57. The Hall–Kier alpha value is -2.04. The van der Waals surface area contributed by atoms with E-state index in [-0.39, 0.29) is 0 Å². The smallest absolute Gasteiger partial charge is 0.251 e. The highest BCUT2D eigenvalue weighted by molar-refractivity contribution is 5.96. The molecule has 23 heavy (non-hydrogen) atoms. The lowest BCUT2D eigenvalue weighted by Gasteiger charge is -2.19. The number of benzene rings is 1. The first-order valence-electron chi connectivity index (χ1n) is 8.33. The van der Waals surface area contributed by atoms with Gasteiger partial charge in [-0.3, -0.25) is 4.79 Å². The second kappa shape index (κ2) is 10.6. The first-order chi connectivity index (χ1) is 11.1. The fourth-order valence-corrected chi connectivity index (χ4v) is 2.20. The van der Waals surface area contributed by atoms with E-state index in [2.05, 4.69) is 12.2 Å². The molecule has 0 aromatic heterocycles.